The Morgan fingerprint density at radius 1 is 1.39 bits per heavy atom. The average Bonchev–Trinajstić information content (AvgIpc) is 2.96. The fourth-order valence-corrected chi connectivity index (χ4v) is 3.79. The molecule has 2 aliphatic heterocycles. The summed E-state index contributed by atoms with van der Waals surface area (Å²) in [7, 11) is 1.63. The fraction of sp³-hybridized carbons (Fsp3) is 0.500. The van der Waals surface area contributed by atoms with Crippen molar-refractivity contribution in [3.8, 4) is 11.4 Å². The molecule has 1 amide bonds. The predicted octanol–water partition coefficient (Wildman–Crippen LogP) is 0.608. The third-order valence-corrected chi connectivity index (χ3v) is 5.35. The minimum absolute atomic E-state index is 0.0298. The molecule has 1 aromatic carbocycles. The number of hydrogen-bond donors (Lipinski definition) is 2. The van der Waals surface area contributed by atoms with Gasteiger partial charge in [-0.1, -0.05) is 0 Å². The van der Waals surface area contributed by atoms with E-state index in [9.17, 15) is 9.90 Å². The summed E-state index contributed by atoms with van der Waals surface area (Å²) in [5, 5.41) is 17.5. The van der Waals surface area contributed by atoms with E-state index in [0.29, 0.717) is 51.5 Å². The molecule has 1 atom stereocenters. The van der Waals surface area contributed by atoms with Crippen molar-refractivity contribution in [2.24, 2.45) is 5.92 Å². The van der Waals surface area contributed by atoms with Crippen LogP contribution in [0.5, 0.6) is 5.75 Å². The number of benzene rings is 1. The van der Waals surface area contributed by atoms with Crippen molar-refractivity contribution in [3.63, 3.8) is 0 Å². The Labute approximate surface area is 164 Å². The molecule has 2 aromatic rings. The molecule has 1 aromatic heterocycles. The molecule has 0 saturated carbocycles. The van der Waals surface area contributed by atoms with E-state index in [0.717, 1.165) is 22.7 Å². The molecule has 8 heteroatoms. The first kappa shape index (κ1) is 18.9. The maximum atomic E-state index is 13.3. The largest absolute Gasteiger partial charge is 0.497 e. The van der Waals surface area contributed by atoms with Crippen LogP contribution < -0.4 is 10.1 Å². The summed E-state index contributed by atoms with van der Waals surface area (Å²) in [6.07, 6.45) is 0.711. The lowest BCUT2D eigenvalue weighted by Gasteiger charge is -2.23. The van der Waals surface area contributed by atoms with Gasteiger partial charge in [-0.2, -0.15) is 5.10 Å². The van der Waals surface area contributed by atoms with Crippen LogP contribution in [0.4, 0.5) is 0 Å². The molecule has 8 nitrogen and oxygen atoms in total. The lowest BCUT2D eigenvalue weighted by atomic mass is 10.1. The highest BCUT2D eigenvalue weighted by Gasteiger charge is 2.30. The lowest BCUT2D eigenvalue weighted by molar-refractivity contribution is 0.0710. The van der Waals surface area contributed by atoms with Crippen LogP contribution in [0, 0.1) is 5.92 Å². The van der Waals surface area contributed by atoms with Crippen LogP contribution in [0.1, 0.15) is 21.7 Å². The zero-order valence-corrected chi connectivity index (χ0v) is 16.1. The Morgan fingerprint density at radius 3 is 2.96 bits per heavy atom. The Kier molecular flexibility index (Phi) is 5.61. The molecule has 2 N–H and O–H groups in total. The van der Waals surface area contributed by atoms with Crippen LogP contribution in [0.2, 0.25) is 0 Å². The van der Waals surface area contributed by atoms with Gasteiger partial charge in [-0.15, -0.1) is 0 Å². The Bertz CT molecular complexity index is 833. The number of ether oxygens (including phenoxy) is 2. The van der Waals surface area contributed by atoms with Gasteiger partial charge in [-0.25, -0.2) is 4.68 Å². The number of methoxy groups -OCH3 is 1. The number of nitrogens with one attached hydrogen (secondary N) is 1. The lowest BCUT2D eigenvalue weighted by Crippen LogP contribution is -2.37. The third kappa shape index (κ3) is 3.63. The number of amides is 1. The van der Waals surface area contributed by atoms with E-state index in [1.165, 1.54) is 0 Å². The molecule has 0 aliphatic carbocycles. The van der Waals surface area contributed by atoms with Crippen LogP contribution in [0.25, 0.3) is 5.69 Å². The molecule has 3 heterocycles. The summed E-state index contributed by atoms with van der Waals surface area (Å²) in [6, 6.07) is 7.65. The molecule has 0 spiro atoms. The fourth-order valence-electron chi connectivity index (χ4n) is 3.79. The quantitative estimate of drug-likeness (QED) is 0.800. The zero-order valence-electron chi connectivity index (χ0n) is 16.1. The highest BCUT2D eigenvalue weighted by Crippen LogP contribution is 2.26. The summed E-state index contributed by atoms with van der Waals surface area (Å²) in [6.45, 7) is 3.60. The second-order valence-electron chi connectivity index (χ2n) is 7.19. The summed E-state index contributed by atoms with van der Waals surface area (Å²) in [5.41, 5.74) is 3.23. The van der Waals surface area contributed by atoms with Crippen LogP contribution in [0.15, 0.2) is 24.3 Å². The van der Waals surface area contributed by atoms with Crippen molar-refractivity contribution in [1.29, 1.82) is 0 Å². The molecule has 1 unspecified atom stereocenters. The molecule has 4 rings (SSSR count). The zero-order chi connectivity index (χ0) is 19.5. The smallest absolute Gasteiger partial charge is 0.274 e. The number of carbonyl (C=O) groups is 1. The summed E-state index contributed by atoms with van der Waals surface area (Å²) in [5.74, 6) is 0.704. The van der Waals surface area contributed by atoms with Gasteiger partial charge in [0.15, 0.2) is 5.69 Å². The van der Waals surface area contributed by atoms with Gasteiger partial charge in [0, 0.05) is 50.7 Å². The molecule has 0 bridgehead atoms. The molecule has 1 saturated heterocycles. The van der Waals surface area contributed by atoms with Crippen LogP contribution in [-0.2, 0) is 17.8 Å². The predicted molar refractivity (Wildman–Crippen MR) is 103 cm³/mol. The first-order valence-electron chi connectivity index (χ1n) is 9.65. The minimum Gasteiger partial charge on any atom is -0.497 e. The van der Waals surface area contributed by atoms with Crippen LogP contribution in [0.3, 0.4) is 0 Å². The molecule has 0 radical (unpaired) electrons. The standard InChI is InChI=1S/C20H26N4O4/c1-27-16-4-2-15(3-5-16)24-18-6-9-28-13-17(18)19(22-24)20(26)23-8-7-21-10-14(11-23)12-25/h2-5,14,21,25H,6-13H2,1H3. The second-order valence-corrected chi connectivity index (χ2v) is 7.19. The molecule has 28 heavy (non-hydrogen) atoms. The number of aliphatic hydroxyl groups is 1. The van der Waals surface area contributed by atoms with Gasteiger partial charge in [0.2, 0.25) is 0 Å². The van der Waals surface area contributed by atoms with Gasteiger partial charge in [0.25, 0.3) is 5.91 Å². The van der Waals surface area contributed by atoms with E-state index >= 15 is 0 Å². The number of carbonyl (C=O) groups excluding carboxylic acids is 1. The van der Waals surface area contributed by atoms with E-state index in [4.69, 9.17) is 14.6 Å². The Morgan fingerprint density at radius 2 is 2.21 bits per heavy atom. The van der Waals surface area contributed by atoms with E-state index in [2.05, 4.69) is 5.32 Å². The number of nitrogens with zero attached hydrogens (tertiary/aromatic N) is 3. The number of fused-ring (bicyclic) bond motifs is 1. The topological polar surface area (TPSA) is 88.9 Å². The maximum absolute atomic E-state index is 13.3. The van der Waals surface area contributed by atoms with E-state index < -0.39 is 0 Å². The molecule has 2 aliphatic rings. The maximum Gasteiger partial charge on any atom is 0.274 e. The number of aromatic nitrogens is 2. The number of aliphatic hydroxyl groups excluding tert-OH is 1. The summed E-state index contributed by atoms with van der Waals surface area (Å²) in [4.78, 5) is 15.1. The van der Waals surface area contributed by atoms with Crippen molar-refractivity contribution in [2.45, 2.75) is 13.0 Å². The van der Waals surface area contributed by atoms with E-state index in [1.807, 2.05) is 28.9 Å². The van der Waals surface area contributed by atoms with Crippen molar-refractivity contribution in [1.82, 2.24) is 20.0 Å². The van der Waals surface area contributed by atoms with E-state index in [1.54, 1.807) is 12.0 Å². The first-order chi connectivity index (χ1) is 13.7. The minimum atomic E-state index is -0.101. The highest BCUT2D eigenvalue weighted by molar-refractivity contribution is 5.94. The molecule has 1 fully saturated rings. The van der Waals surface area contributed by atoms with Crippen molar-refractivity contribution >= 4 is 5.91 Å². The monoisotopic (exact) mass is 386 g/mol. The number of hydrogen-bond acceptors (Lipinski definition) is 6. The van der Waals surface area contributed by atoms with Gasteiger partial charge < -0.3 is 24.8 Å². The average molecular weight is 386 g/mol. The third-order valence-electron chi connectivity index (χ3n) is 5.35. The molecular weight excluding hydrogens is 360 g/mol. The number of rotatable bonds is 4. The highest BCUT2D eigenvalue weighted by atomic mass is 16.5. The van der Waals surface area contributed by atoms with Crippen LogP contribution >= 0.6 is 0 Å². The Hall–Kier alpha value is -2.42. The first-order valence-corrected chi connectivity index (χ1v) is 9.65. The van der Waals surface area contributed by atoms with Crippen molar-refractivity contribution < 1.29 is 19.4 Å². The van der Waals surface area contributed by atoms with Crippen molar-refractivity contribution in [2.75, 3.05) is 46.5 Å². The summed E-state index contributed by atoms with van der Waals surface area (Å²) >= 11 is 0. The van der Waals surface area contributed by atoms with Gasteiger partial charge in [-0.05, 0) is 24.3 Å². The Balaban J connectivity index is 1.68. The molecule has 150 valence electrons. The second kappa shape index (κ2) is 8.30. The van der Waals surface area contributed by atoms with E-state index in [-0.39, 0.29) is 18.4 Å². The van der Waals surface area contributed by atoms with Gasteiger partial charge in [-0.3, -0.25) is 4.79 Å². The normalized spacial score (nSPS) is 19.8. The SMILES string of the molecule is COc1ccc(-n2nc(C(=O)N3CCNCC(CO)C3)c3c2CCOC3)cc1. The van der Waals surface area contributed by atoms with Gasteiger partial charge in [0.1, 0.15) is 5.75 Å². The van der Waals surface area contributed by atoms with Gasteiger partial charge >= 0.3 is 0 Å². The molecular formula is C20H26N4O4. The van der Waals surface area contributed by atoms with Crippen molar-refractivity contribution in [3.05, 3.63) is 41.2 Å². The summed E-state index contributed by atoms with van der Waals surface area (Å²) < 4.78 is 12.7. The van der Waals surface area contributed by atoms with Gasteiger partial charge in [0.05, 0.1) is 31.7 Å². The van der Waals surface area contributed by atoms with Crippen LogP contribution in [-0.4, -0.2) is 72.2 Å².